The van der Waals surface area contributed by atoms with E-state index in [0.717, 1.165) is 27.8 Å². The van der Waals surface area contributed by atoms with E-state index < -0.39 is 0 Å². The second-order valence-electron chi connectivity index (χ2n) is 6.14. The van der Waals surface area contributed by atoms with Crippen molar-refractivity contribution >= 4 is 31.9 Å². The Morgan fingerprint density at radius 3 is 2.52 bits per heavy atom. The van der Waals surface area contributed by atoms with E-state index in [1.54, 1.807) is 0 Å². The lowest BCUT2D eigenvalue weighted by Crippen LogP contribution is -2.32. The fourth-order valence-corrected chi connectivity index (χ4v) is 4.60. The third-order valence-corrected chi connectivity index (χ3v) is 5.75. The smallest absolute Gasteiger partial charge is 0.0718 e. The molecule has 1 N–H and O–H groups in total. The summed E-state index contributed by atoms with van der Waals surface area (Å²) < 4.78 is 2.14. The largest absolute Gasteiger partial charge is 0.308 e. The van der Waals surface area contributed by atoms with Crippen LogP contribution >= 0.6 is 31.9 Å². The number of pyridine rings is 1. The molecular formula is C17H26Br2N2. The maximum absolute atomic E-state index is 4.69. The highest BCUT2D eigenvalue weighted by Gasteiger charge is 2.29. The number of hydrogen-bond acceptors (Lipinski definition) is 2. The van der Waals surface area contributed by atoms with E-state index in [0.29, 0.717) is 12.0 Å². The quantitative estimate of drug-likeness (QED) is 0.626. The Balaban J connectivity index is 2.14. The Hall–Kier alpha value is 0.0700. The third-order valence-electron chi connectivity index (χ3n) is 4.69. The molecule has 118 valence electrons. The van der Waals surface area contributed by atoms with E-state index in [9.17, 15) is 0 Å². The first-order chi connectivity index (χ1) is 10.2. The fraction of sp³-hybridized carbons (Fsp3) is 0.706. The predicted molar refractivity (Wildman–Crippen MR) is 96.4 cm³/mol. The van der Waals surface area contributed by atoms with Gasteiger partial charge in [0.2, 0.25) is 0 Å². The number of hydrogen-bond donors (Lipinski definition) is 1. The van der Waals surface area contributed by atoms with E-state index in [-0.39, 0.29) is 0 Å². The molecule has 0 aromatic carbocycles. The highest BCUT2D eigenvalue weighted by atomic mass is 79.9. The van der Waals surface area contributed by atoms with E-state index in [1.807, 2.05) is 6.20 Å². The minimum atomic E-state index is 0.380. The van der Waals surface area contributed by atoms with Crippen LogP contribution in [0.3, 0.4) is 0 Å². The summed E-state index contributed by atoms with van der Waals surface area (Å²) in [4.78, 5) is 4.69. The van der Waals surface area contributed by atoms with Gasteiger partial charge in [-0.3, -0.25) is 4.98 Å². The summed E-state index contributed by atoms with van der Waals surface area (Å²) in [5.41, 5.74) is 1.17. The van der Waals surface area contributed by atoms with Gasteiger partial charge in [0.1, 0.15) is 0 Å². The average Bonchev–Trinajstić information content (AvgIpc) is 2.50. The molecule has 0 bridgehead atoms. The Labute approximate surface area is 145 Å². The minimum Gasteiger partial charge on any atom is -0.308 e. The zero-order valence-corrected chi connectivity index (χ0v) is 16.2. The van der Waals surface area contributed by atoms with Crippen LogP contribution in [0.4, 0.5) is 0 Å². The van der Waals surface area contributed by atoms with Crippen molar-refractivity contribution in [3.05, 3.63) is 26.9 Å². The van der Waals surface area contributed by atoms with Crippen molar-refractivity contribution in [1.82, 2.24) is 10.3 Å². The average molecular weight is 418 g/mol. The molecule has 1 atom stereocenters. The number of halogens is 2. The first-order valence-corrected chi connectivity index (χ1v) is 9.78. The Morgan fingerprint density at radius 1 is 1.24 bits per heavy atom. The van der Waals surface area contributed by atoms with Gasteiger partial charge in [-0.15, -0.1) is 0 Å². The van der Waals surface area contributed by atoms with Crippen LogP contribution in [-0.4, -0.2) is 11.5 Å². The predicted octanol–water partition coefficient (Wildman–Crippen LogP) is 5.86. The summed E-state index contributed by atoms with van der Waals surface area (Å²) in [5.74, 6) is 1.65. The molecule has 1 unspecified atom stereocenters. The van der Waals surface area contributed by atoms with E-state index in [4.69, 9.17) is 0 Å². The maximum Gasteiger partial charge on any atom is 0.0718 e. The molecule has 1 saturated carbocycles. The zero-order chi connectivity index (χ0) is 15.2. The van der Waals surface area contributed by atoms with Crippen LogP contribution in [0.1, 0.15) is 64.1 Å². The molecule has 0 saturated heterocycles. The summed E-state index contributed by atoms with van der Waals surface area (Å²) >= 11 is 7.20. The van der Waals surface area contributed by atoms with Crippen LogP contribution in [0.25, 0.3) is 0 Å². The van der Waals surface area contributed by atoms with Crippen LogP contribution in [0.5, 0.6) is 0 Å². The van der Waals surface area contributed by atoms with Crippen LogP contribution in [0.2, 0.25) is 0 Å². The number of nitrogens with zero attached hydrogens (tertiary/aromatic N) is 1. The maximum atomic E-state index is 4.69. The van der Waals surface area contributed by atoms with Gasteiger partial charge in [-0.1, -0.05) is 33.1 Å². The monoisotopic (exact) mass is 416 g/mol. The Kier molecular flexibility index (Phi) is 7.17. The third kappa shape index (κ3) is 4.77. The van der Waals surface area contributed by atoms with Gasteiger partial charge < -0.3 is 5.32 Å². The normalized spacial score (nSPS) is 24.0. The molecule has 2 rings (SSSR count). The lowest BCUT2D eigenvalue weighted by molar-refractivity contribution is 0.216. The van der Waals surface area contributed by atoms with Crippen LogP contribution in [0, 0.1) is 11.8 Å². The van der Waals surface area contributed by atoms with Crippen LogP contribution in [0.15, 0.2) is 21.2 Å². The second kappa shape index (κ2) is 8.64. The SMILES string of the molecule is CCCNC(c1ncc(Br)cc1Br)C1CCC(CC)CC1. The van der Waals surface area contributed by atoms with Gasteiger partial charge in [0.05, 0.1) is 11.7 Å². The molecule has 21 heavy (non-hydrogen) atoms. The molecule has 1 aliphatic carbocycles. The molecule has 1 aliphatic rings. The van der Waals surface area contributed by atoms with Crippen molar-refractivity contribution in [2.24, 2.45) is 11.8 Å². The molecular weight excluding hydrogens is 392 g/mol. The van der Waals surface area contributed by atoms with Crippen molar-refractivity contribution < 1.29 is 0 Å². The molecule has 1 heterocycles. The zero-order valence-electron chi connectivity index (χ0n) is 13.0. The first kappa shape index (κ1) is 17.4. The van der Waals surface area contributed by atoms with Crippen molar-refractivity contribution in [3.8, 4) is 0 Å². The molecule has 1 aromatic rings. The summed E-state index contributed by atoms with van der Waals surface area (Å²) in [6.07, 6.45) is 9.81. The van der Waals surface area contributed by atoms with Crippen LogP contribution < -0.4 is 5.32 Å². The summed E-state index contributed by atoms with van der Waals surface area (Å²) in [5, 5.41) is 3.74. The molecule has 0 spiro atoms. The molecule has 4 heteroatoms. The number of rotatable bonds is 6. The summed E-state index contributed by atoms with van der Waals surface area (Å²) in [7, 11) is 0. The van der Waals surface area contributed by atoms with Crippen molar-refractivity contribution in [2.75, 3.05) is 6.54 Å². The molecule has 0 radical (unpaired) electrons. The van der Waals surface area contributed by atoms with Gasteiger partial charge in [-0.25, -0.2) is 0 Å². The number of aromatic nitrogens is 1. The number of nitrogens with one attached hydrogen (secondary N) is 1. The van der Waals surface area contributed by atoms with E-state index in [1.165, 1.54) is 37.8 Å². The Bertz CT molecular complexity index is 442. The molecule has 0 amide bonds. The highest BCUT2D eigenvalue weighted by Crippen LogP contribution is 2.39. The first-order valence-electron chi connectivity index (χ1n) is 8.20. The van der Waals surface area contributed by atoms with Gasteiger partial charge in [-0.2, -0.15) is 0 Å². The highest BCUT2D eigenvalue weighted by molar-refractivity contribution is 9.11. The van der Waals surface area contributed by atoms with Gasteiger partial charge in [0.15, 0.2) is 0 Å². The molecule has 1 fully saturated rings. The summed E-state index contributed by atoms with van der Waals surface area (Å²) in [6.45, 7) is 5.61. The topological polar surface area (TPSA) is 24.9 Å². The lowest BCUT2D eigenvalue weighted by Gasteiger charge is -2.34. The van der Waals surface area contributed by atoms with Crippen molar-refractivity contribution in [2.45, 2.75) is 58.4 Å². The fourth-order valence-electron chi connectivity index (χ4n) is 3.37. The van der Waals surface area contributed by atoms with Gasteiger partial charge >= 0.3 is 0 Å². The Morgan fingerprint density at radius 2 is 1.95 bits per heavy atom. The molecule has 0 aliphatic heterocycles. The molecule has 1 aromatic heterocycles. The van der Waals surface area contributed by atoms with Crippen LogP contribution in [-0.2, 0) is 0 Å². The standard InChI is InChI=1S/C17H26Br2N2/c1-3-9-20-16(13-7-5-12(4-2)6-8-13)17-15(19)10-14(18)11-21-17/h10-13,16,20H,3-9H2,1-2H3. The van der Waals surface area contributed by atoms with Crippen molar-refractivity contribution in [3.63, 3.8) is 0 Å². The van der Waals surface area contributed by atoms with E-state index >= 15 is 0 Å². The van der Waals surface area contributed by atoms with Gasteiger partial charge in [0, 0.05) is 15.1 Å². The molecule has 2 nitrogen and oxygen atoms in total. The summed E-state index contributed by atoms with van der Waals surface area (Å²) in [6, 6.07) is 2.49. The van der Waals surface area contributed by atoms with Gasteiger partial charge in [0.25, 0.3) is 0 Å². The van der Waals surface area contributed by atoms with Crippen molar-refractivity contribution in [1.29, 1.82) is 0 Å². The van der Waals surface area contributed by atoms with Gasteiger partial charge in [-0.05, 0) is 75.6 Å². The second-order valence-corrected chi connectivity index (χ2v) is 7.91. The van der Waals surface area contributed by atoms with E-state index in [2.05, 4.69) is 62.1 Å². The lowest BCUT2D eigenvalue weighted by atomic mass is 9.76. The minimum absolute atomic E-state index is 0.380.